The van der Waals surface area contributed by atoms with Crippen LogP contribution in [0.1, 0.15) is 23.6 Å². The van der Waals surface area contributed by atoms with Crippen molar-refractivity contribution in [1.29, 1.82) is 0 Å². The summed E-state index contributed by atoms with van der Waals surface area (Å²) in [6.45, 7) is 1.37. The zero-order chi connectivity index (χ0) is 19.4. The zero-order valence-electron chi connectivity index (χ0n) is 14.0. The smallest absolute Gasteiger partial charge is 0.416 e. The van der Waals surface area contributed by atoms with E-state index in [1.165, 1.54) is 19.1 Å². The van der Waals surface area contributed by atoms with Crippen molar-refractivity contribution in [2.75, 3.05) is 6.54 Å². The molecule has 0 aliphatic carbocycles. The summed E-state index contributed by atoms with van der Waals surface area (Å²) in [7, 11) is 0. The summed E-state index contributed by atoms with van der Waals surface area (Å²) in [5.74, 6) is -1.55. The van der Waals surface area contributed by atoms with E-state index in [1.807, 2.05) is 0 Å². The van der Waals surface area contributed by atoms with Crippen molar-refractivity contribution < 1.29 is 27.9 Å². The Balaban J connectivity index is 2.02. The molecule has 0 saturated heterocycles. The number of amides is 1. The van der Waals surface area contributed by atoms with Gasteiger partial charge in [0.1, 0.15) is 5.41 Å². The van der Waals surface area contributed by atoms with Crippen LogP contribution < -0.4 is 5.32 Å². The molecule has 2 aromatic rings. The number of carboxylic acid groups (broad SMARTS) is 1. The summed E-state index contributed by atoms with van der Waals surface area (Å²) in [6.07, 6.45) is -4.57. The minimum Gasteiger partial charge on any atom is -0.481 e. The second kappa shape index (κ2) is 7.59. The van der Waals surface area contributed by atoms with Gasteiger partial charge in [-0.1, -0.05) is 42.5 Å². The monoisotopic (exact) mass is 365 g/mol. The van der Waals surface area contributed by atoms with E-state index < -0.39 is 29.0 Å². The molecule has 0 radical (unpaired) electrons. The predicted octanol–water partition coefficient (Wildman–Crippen LogP) is 3.41. The normalized spacial score (nSPS) is 13.7. The Hall–Kier alpha value is -2.83. The van der Waals surface area contributed by atoms with E-state index in [-0.39, 0.29) is 13.0 Å². The number of halogens is 3. The molecule has 0 spiro atoms. The fourth-order valence-electron chi connectivity index (χ4n) is 2.44. The first-order chi connectivity index (χ1) is 12.1. The second-order valence-electron chi connectivity index (χ2n) is 6.15. The van der Waals surface area contributed by atoms with Crippen molar-refractivity contribution in [2.24, 2.45) is 0 Å². The predicted molar refractivity (Wildman–Crippen MR) is 89.6 cm³/mol. The zero-order valence-corrected chi connectivity index (χ0v) is 14.0. The molecule has 2 aromatic carbocycles. The number of nitrogens with one attached hydrogen (secondary N) is 1. The van der Waals surface area contributed by atoms with Gasteiger partial charge >= 0.3 is 12.1 Å². The van der Waals surface area contributed by atoms with E-state index in [1.54, 1.807) is 30.3 Å². The van der Waals surface area contributed by atoms with Crippen molar-refractivity contribution in [3.05, 3.63) is 71.3 Å². The summed E-state index contributed by atoms with van der Waals surface area (Å²) in [5.41, 5.74) is -1.14. The third-order valence-electron chi connectivity index (χ3n) is 4.17. The summed E-state index contributed by atoms with van der Waals surface area (Å²) in [5, 5.41) is 12.1. The molecule has 0 fully saturated rings. The van der Waals surface area contributed by atoms with Gasteiger partial charge in [0, 0.05) is 6.54 Å². The summed E-state index contributed by atoms with van der Waals surface area (Å²) in [6, 6.07) is 12.8. The van der Waals surface area contributed by atoms with Crippen LogP contribution in [0.25, 0.3) is 0 Å². The Morgan fingerprint density at radius 1 is 0.962 bits per heavy atom. The number of carbonyl (C=O) groups excluding carboxylic acids is 1. The summed E-state index contributed by atoms with van der Waals surface area (Å²) < 4.78 is 37.6. The molecular weight excluding hydrogens is 347 g/mol. The Morgan fingerprint density at radius 2 is 1.54 bits per heavy atom. The molecule has 26 heavy (non-hydrogen) atoms. The van der Waals surface area contributed by atoms with Crippen molar-refractivity contribution in [1.82, 2.24) is 5.32 Å². The fourth-order valence-corrected chi connectivity index (χ4v) is 2.44. The molecule has 1 atom stereocenters. The van der Waals surface area contributed by atoms with Crippen LogP contribution in [0.2, 0.25) is 0 Å². The first-order valence-electron chi connectivity index (χ1n) is 7.85. The molecule has 0 saturated carbocycles. The van der Waals surface area contributed by atoms with Gasteiger partial charge in [0.15, 0.2) is 0 Å². The average molecular weight is 365 g/mol. The van der Waals surface area contributed by atoms with Crippen LogP contribution in [0, 0.1) is 0 Å². The number of hydrogen-bond acceptors (Lipinski definition) is 2. The van der Waals surface area contributed by atoms with Gasteiger partial charge in [0.2, 0.25) is 5.91 Å². The van der Waals surface area contributed by atoms with E-state index in [2.05, 4.69) is 5.32 Å². The van der Waals surface area contributed by atoms with Gasteiger partial charge in [0.05, 0.1) is 12.0 Å². The third-order valence-corrected chi connectivity index (χ3v) is 4.17. The molecule has 2 rings (SSSR count). The number of aliphatic carboxylic acids is 1. The van der Waals surface area contributed by atoms with Crippen molar-refractivity contribution in [3.8, 4) is 0 Å². The molecule has 0 heterocycles. The standard InChI is InChI=1S/C19H18F3NO3/c1-18(17(25)26,14-5-3-2-4-6-14)12-23-16(24)11-13-7-9-15(10-8-13)19(20,21)22/h2-10H,11-12H2,1H3,(H,23,24)(H,25,26). The molecule has 1 unspecified atom stereocenters. The molecule has 0 aliphatic rings. The van der Waals surface area contributed by atoms with Crippen LogP contribution in [0.4, 0.5) is 13.2 Å². The van der Waals surface area contributed by atoms with Gasteiger partial charge in [0.25, 0.3) is 0 Å². The molecule has 138 valence electrons. The van der Waals surface area contributed by atoms with Crippen molar-refractivity contribution in [2.45, 2.75) is 24.9 Å². The topological polar surface area (TPSA) is 66.4 Å². The van der Waals surface area contributed by atoms with E-state index in [9.17, 15) is 27.9 Å². The molecule has 0 aromatic heterocycles. The molecular formula is C19H18F3NO3. The van der Waals surface area contributed by atoms with Gasteiger partial charge in [-0.05, 0) is 30.2 Å². The lowest BCUT2D eigenvalue weighted by Gasteiger charge is -2.25. The van der Waals surface area contributed by atoms with Crippen LogP contribution in [0.5, 0.6) is 0 Å². The lowest BCUT2D eigenvalue weighted by atomic mass is 9.82. The van der Waals surface area contributed by atoms with Gasteiger partial charge < -0.3 is 10.4 Å². The Bertz CT molecular complexity index is 773. The lowest BCUT2D eigenvalue weighted by Crippen LogP contribution is -2.44. The van der Waals surface area contributed by atoms with Crippen LogP contribution >= 0.6 is 0 Å². The van der Waals surface area contributed by atoms with E-state index in [4.69, 9.17) is 0 Å². The quantitative estimate of drug-likeness (QED) is 0.825. The van der Waals surface area contributed by atoms with Crippen LogP contribution in [-0.4, -0.2) is 23.5 Å². The highest BCUT2D eigenvalue weighted by Gasteiger charge is 2.35. The minimum absolute atomic E-state index is 0.133. The maximum Gasteiger partial charge on any atom is 0.416 e. The van der Waals surface area contributed by atoms with Gasteiger partial charge in [-0.25, -0.2) is 0 Å². The largest absolute Gasteiger partial charge is 0.481 e. The Morgan fingerprint density at radius 3 is 2.04 bits per heavy atom. The number of rotatable bonds is 6. The van der Waals surface area contributed by atoms with Crippen LogP contribution in [0.3, 0.4) is 0 Å². The molecule has 4 nitrogen and oxygen atoms in total. The maximum atomic E-state index is 12.5. The maximum absolute atomic E-state index is 12.5. The number of carbonyl (C=O) groups is 2. The molecule has 7 heteroatoms. The van der Waals surface area contributed by atoms with Crippen molar-refractivity contribution >= 4 is 11.9 Å². The molecule has 1 amide bonds. The molecule has 0 bridgehead atoms. The SMILES string of the molecule is CC(CNC(=O)Cc1ccc(C(F)(F)F)cc1)(C(=O)O)c1ccccc1. The number of carboxylic acids is 1. The second-order valence-corrected chi connectivity index (χ2v) is 6.15. The number of benzene rings is 2. The number of hydrogen-bond donors (Lipinski definition) is 2. The van der Waals surface area contributed by atoms with E-state index in [0.717, 1.165) is 12.1 Å². The first-order valence-corrected chi connectivity index (χ1v) is 7.85. The third kappa shape index (κ3) is 4.62. The highest BCUT2D eigenvalue weighted by atomic mass is 19.4. The number of alkyl halides is 3. The van der Waals surface area contributed by atoms with E-state index >= 15 is 0 Å². The summed E-state index contributed by atoms with van der Waals surface area (Å²) >= 11 is 0. The van der Waals surface area contributed by atoms with Crippen molar-refractivity contribution in [3.63, 3.8) is 0 Å². The molecule has 2 N–H and O–H groups in total. The van der Waals surface area contributed by atoms with Gasteiger partial charge in [-0.3, -0.25) is 9.59 Å². The van der Waals surface area contributed by atoms with E-state index in [0.29, 0.717) is 11.1 Å². The summed E-state index contributed by atoms with van der Waals surface area (Å²) in [4.78, 5) is 23.7. The Labute approximate surface area is 148 Å². The lowest BCUT2D eigenvalue weighted by molar-refractivity contribution is -0.143. The highest BCUT2D eigenvalue weighted by Crippen LogP contribution is 2.29. The minimum atomic E-state index is -4.43. The fraction of sp³-hybridized carbons (Fsp3) is 0.263. The van der Waals surface area contributed by atoms with Gasteiger partial charge in [-0.2, -0.15) is 13.2 Å². The average Bonchev–Trinajstić information content (AvgIpc) is 2.60. The van der Waals surface area contributed by atoms with Crippen LogP contribution in [-0.2, 0) is 27.6 Å². The Kier molecular flexibility index (Phi) is 5.69. The van der Waals surface area contributed by atoms with Crippen LogP contribution in [0.15, 0.2) is 54.6 Å². The highest BCUT2D eigenvalue weighted by molar-refractivity contribution is 5.83. The first kappa shape index (κ1) is 19.5. The van der Waals surface area contributed by atoms with Gasteiger partial charge in [-0.15, -0.1) is 0 Å². The molecule has 0 aliphatic heterocycles.